The van der Waals surface area contributed by atoms with E-state index in [1.54, 1.807) is 34.6 Å². The molecule has 4 aliphatic rings. The molecule has 11 atom stereocenters. The van der Waals surface area contributed by atoms with Crippen molar-refractivity contribution in [3.05, 3.63) is 11.1 Å². The van der Waals surface area contributed by atoms with Gasteiger partial charge in [-0.2, -0.15) is 0 Å². The Kier molecular flexibility index (Phi) is 8.11. The zero-order valence-electron chi connectivity index (χ0n) is 25.9. The van der Waals surface area contributed by atoms with Gasteiger partial charge in [-0.15, -0.1) is 0 Å². The normalized spacial score (nSPS) is 43.1. The molecule has 1 saturated heterocycles. The fraction of sp³-hybridized carbons (Fsp3) is 0.833. The number of hydrogen-bond donors (Lipinski definition) is 3. The van der Waals surface area contributed by atoms with E-state index in [0.717, 1.165) is 0 Å². The molecule has 0 aromatic heterocycles. The third-order valence-electron chi connectivity index (χ3n) is 11.2. The van der Waals surface area contributed by atoms with Gasteiger partial charge in [0, 0.05) is 44.2 Å². The number of rotatable bonds is 6. The van der Waals surface area contributed by atoms with E-state index in [0.29, 0.717) is 5.57 Å². The second-order valence-corrected chi connectivity index (χ2v) is 13.6. The van der Waals surface area contributed by atoms with Crippen molar-refractivity contribution in [2.45, 2.75) is 109 Å². The highest BCUT2D eigenvalue weighted by atomic mass is 16.6. The van der Waals surface area contributed by atoms with Crippen LogP contribution in [0.3, 0.4) is 0 Å². The first-order chi connectivity index (χ1) is 18.8. The number of carbonyl (C=O) groups is 3. The van der Waals surface area contributed by atoms with Gasteiger partial charge in [0.15, 0.2) is 17.5 Å². The van der Waals surface area contributed by atoms with E-state index in [-0.39, 0.29) is 31.1 Å². The van der Waals surface area contributed by atoms with Crippen molar-refractivity contribution in [3.63, 3.8) is 0 Å². The largest absolute Gasteiger partial charge is 0.456 e. The van der Waals surface area contributed by atoms with E-state index in [4.69, 9.17) is 18.9 Å². The number of aliphatic hydroxyl groups excluding tert-OH is 2. The summed E-state index contributed by atoms with van der Waals surface area (Å²) in [5.74, 6) is -3.52. The molecule has 0 spiro atoms. The summed E-state index contributed by atoms with van der Waals surface area (Å²) in [7, 11) is 5.05. The zero-order valence-corrected chi connectivity index (χ0v) is 25.9. The monoisotopic (exact) mass is 581 g/mol. The summed E-state index contributed by atoms with van der Waals surface area (Å²) in [6, 6.07) is -0.316. The summed E-state index contributed by atoms with van der Waals surface area (Å²) in [4.78, 5) is 41.9. The van der Waals surface area contributed by atoms with Crippen LogP contribution >= 0.6 is 0 Å². The molecule has 1 aliphatic heterocycles. The number of esters is 2. The molecule has 1 heterocycles. The number of aliphatic hydroxyl groups is 3. The second-order valence-electron chi connectivity index (χ2n) is 13.6. The van der Waals surface area contributed by atoms with Gasteiger partial charge in [-0.3, -0.25) is 9.59 Å². The molecule has 2 saturated carbocycles. The topological polar surface area (TPSA) is 152 Å². The van der Waals surface area contributed by atoms with E-state index in [9.17, 15) is 29.7 Å². The van der Waals surface area contributed by atoms with Gasteiger partial charge in [0.25, 0.3) is 0 Å². The summed E-state index contributed by atoms with van der Waals surface area (Å²) in [6.45, 7) is 11.7. The third kappa shape index (κ3) is 4.33. The van der Waals surface area contributed by atoms with E-state index in [1.165, 1.54) is 14.0 Å². The van der Waals surface area contributed by atoms with Gasteiger partial charge in [0.05, 0.1) is 23.7 Å². The number of nitrogens with zero attached hydrogens (tertiary/aromatic N) is 1. The second kappa shape index (κ2) is 10.4. The number of ketones is 1. The fourth-order valence-electron chi connectivity index (χ4n) is 8.47. The molecule has 3 N–H and O–H groups in total. The Hall–Kier alpha value is -1.89. The molecule has 9 unspecified atom stereocenters. The summed E-state index contributed by atoms with van der Waals surface area (Å²) < 4.78 is 23.1. The molecule has 0 radical (unpaired) electrons. The Labute approximate surface area is 242 Å². The molecule has 2 bridgehead atoms. The highest BCUT2D eigenvalue weighted by molar-refractivity contribution is 5.93. The molecule has 3 fully saturated rings. The van der Waals surface area contributed by atoms with E-state index in [2.05, 4.69) is 0 Å². The standard InChI is InChI=1S/C30H47NO10/c1-14-18(40-26(36)23(38-10)16(3)31(8)9)12-30(37)15(2)24-28(7,25(35)22(34)21(14)27(30,5)6)19(33)11-20-29(24,13-39-20)41-17(4)32/h15-16,18-20,22-24,33-34,37H,11-13H2,1-10H3/t15-,16?,18?,19?,20?,22?,23?,24?,28+,29?,30?/m0/s1. The average Bonchev–Trinajstić information content (AvgIpc) is 2.87. The highest BCUT2D eigenvalue weighted by Crippen LogP contribution is 2.65. The van der Waals surface area contributed by atoms with Crippen LogP contribution in [0.15, 0.2) is 11.1 Å². The minimum Gasteiger partial charge on any atom is -0.456 e. The minimum absolute atomic E-state index is 0.00741. The van der Waals surface area contributed by atoms with E-state index in [1.807, 2.05) is 25.9 Å². The van der Waals surface area contributed by atoms with Crippen molar-refractivity contribution in [1.29, 1.82) is 0 Å². The number of ether oxygens (including phenoxy) is 4. The number of likely N-dealkylation sites (N-methyl/N-ethyl adjacent to an activating group) is 1. The summed E-state index contributed by atoms with van der Waals surface area (Å²) >= 11 is 0. The lowest BCUT2D eigenvalue weighted by molar-refractivity contribution is -0.338. The fourth-order valence-corrected chi connectivity index (χ4v) is 8.47. The molecule has 4 rings (SSSR count). The van der Waals surface area contributed by atoms with Crippen molar-refractivity contribution in [2.24, 2.45) is 22.7 Å². The molecule has 41 heavy (non-hydrogen) atoms. The van der Waals surface area contributed by atoms with E-state index < -0.39 is 82.1 Å². The first kappa shape index (κ1) is 32.0. The first-order valence-electron chi connectivity index (χ1n) is 14.4. The number of Topliss-reactive ketones (excluding diaryl/α,β-unsaturated/α-hetero) is 1. The Morgan fingerprint density at radius 1 is 1.17 bits per heavy atom. The van der Waals surface area contributed by atoms with Gasteiger partial charge >= 0.3 is 11.9 Å². The maximum Gasteiger partial charge on any atom is 0.337 e. The van der Waals surface area contributed by atoms with Gasteiger partial charge in [-0.05, 0) is 51.9 Å². The van der Waals surface area contributed by atoms with Crippen molar-refractivity contribution in [2.75, 3.05) is 27.8 Å². The number of hydrogen-bond acceptors (Lipinski definition) is 11. The van der Waals surface area contributed by atoms with Gasteiger partial charge in [0.1, 0.15) is 18.3 Å². The number of fused-ring (bicyclic) bond motifs is 5. The lowest BCUT2D eigenvalue weighted by Gasteiger charge is -2.68. The van der Waals surface area contributed by atoms with E-state index >= 15 is 0 Å². The van der Waals surface area contributed by atoms with Gasteiger partial charge < -0.3 is 39.2 Å². The Morgan fingerprint density at radius 3 is 2.27 bits per heavy atom. The van der Waals surface area contributed by atoms with Gasteiger partial charge in [-0.25, -0.2) is 4.79 Å². The summed E-state index contributed by atoms with van der Waals surface area (Å²) in [5, 5.41) is 36.0. The van der Waals surface area contributed by atoms with Crippen molar-refractivity contribution >= 4 is 17.7 Å². The van der Waals surface area contributed by atoms with Crippen molar-refractivity contribution in [3.8, 4) is 0 Å². The lowest BCUT2D eigenvalue weighted by Crippen LogP contribution is -2.79. The van der Waals surface area contributed by atoms with Crippen LogP contribution in [-0.2, 0) is 33.3 Å². The van der Waals surface area contributed by atoms with Crippen LogP contribution in [0.5, 0.6) is 0 Å². The lowest BCUT2D eigenvalue weighted by atomic mass is 9.42. The Morgan fingerprint density at radius 2 is 1.78 bits per heavy atom. The Balaban J connectivity index is 1.89. The predicted molar refractivity (Wildman–Crippen MR) is 147 cm³/mol. The van der Waals surface area contributed by atoms with Crippen LogP contribution in [0.1, 0.15) is 61.3 Å². The molecule has 0 amide bonds. The van der Waals surface area contributed by atoms with Gasteiger partial charge in [0.2, 0.25) is 0 Å². The summed E-state index contributed by atoms with van der Waals surface area (Å²) in [5.41, 5.74) is -4.96. The quantitative estimate of drug-likeness (QED) is 0.304. The molecule has 0 aromatic carbocycles. The Bertz CT molecular complexity index is 1130. The number of methoxy groups -OCH3 is 1. The smallest absolute Gasteiger partial charge is 0.337 e. The zero-order chi connectivity index (χ0) is 31.0. The van der Waals surface area contributed by atoms with Gasteiger partial charge in [-0.1, -0.05) is 20.8 Å². The number of carbonyl (C=O) groups excluding carboxylic acids is 3. The van der Waals surface area contributed by atoms with Crippen LogP contribution in [-0.4, -0.2) is 114 Å². The average molecular weight is 582 g/mol. The minimum atomic E-state index is -1.71. The molecule has 11 heteroatoms. The molecule has 0 aromatic rings. The highest BCUT2D eigenvalue weighted by Gasteiger charge is 2.75. The third-order valence-corrected chi connectivity index (χ3v) is 11.2. The molecular weight excluding hydrogens is 534 g/mol. The van der Waals surface area contributed by atoms with Crippen LogP contribution in [0.4, 0.5) is 0 Å². The van der Waals surface area contributed by atoms with Crippen LogP contribution < -0.4 is 0 Å². The first-order valence-corrected chi connectivity index (χ1v) is 14.4. The molecule has 232 valence electrons. The van der Waals surface area contributed by atoms with Crippen LogP contribution in [0.25, 0.3) is 0 Å². The van der Waals surface area contributed by atoms with Crippen LogP contribution in [0.2, 0.25) is 0 Å². The molecular formula is C30H47NO10. The molecule has 3 aliphatic carbocycles. The SMILES string of the molecule is COC(C(=O)OC1CC2(O)[C@@H](C)C3C4(OC(C)=O)COC4CC(O)[C@@]3(C)C(=O)C(O)C(=C1C)C2(C)C)C(C)N(C)C. The maximum absolute atomic E-state index is 14.4. The molecule has 11 nitrogen and oxygen atoms in total. The predicted octanol–water partition coefficient (Wildman–Crippen LogP) is 1.01. The van der Waals surface area contributed by atoms with Crippen molar-refractivity contribution in [1.82, 2.24) is 4.90 Å². The maximum atomic E-state index is 14.4. The van der Waals surface area contributed by atoms with Crippen LogP contribution in [0, 0.1) is 22.7 Å². The van der Waals surface area contributed by atoms with Crippen molar-refractivity contribution < 1.29 is 48.7 Å². The summed E-state index contributed by atoms with van der Waals surface area (Å²) in [6.07, 6.45) is -5.50.